The maximum absolute atomic E-state index is 11.6. The van der Waals surface area contributed by atoms with Crippen molar-refractivity contribution in [1.29, 1.82) is 0 Å². The Morgan fingerprint density at radius 3 is 2.68 bits per heavy atom. The molecule has 0 aromatic heterocycles. The third-order valence-electron chi connectivity index (χ3n) is 4.32. The van der Waals surface area contributed by atoms with E-state index in [0.717, 1.165) is 18.0 Å². The van der Waals surface area contributed by atoms with Gasteiger partial charge in [-0.1, -0.05) is 19.9 Å². The van der Waals surface area contributed by atoms with Crippen molar-refractivity contribution in [3.63, 3.8) is 0 Å². The fourth-order valence-corrected chi connectivity index (χ4v) is 2.75. The van der Waals surface area contributed by atoms with Gasteiger partial charge in [0, 0.05) is 6.04 Å². The lowest BCUT2D eigenvalue weighted by molar-refractivity contribution is 0.0602. The van der Waals surface area contributed by atoms with Crippen molar-refractivity contribution < 1.29 is 9.53 Å². The van der Waals surface area contributed by atoms with Crippen LogP contribution in [0.3, 0.4) is 0 Å². The zero-order valence-electron chi connectivity index (χ0n) is 11.8. The number of esters is 1. The molecule has 19 heavy (non-hydrogen) atoms. The molecule has 0 heterocycles. The van der Waals surface area contributed by atoms with E-state index in [0.29, 0.717) is 23.2 Å². The fraction of sp³-hybridized carbons (Fsp3) is 0.533. The van der Waals surface area contributed by atoms with Crippen LogP contribution in [0.25, 0.3) is 0 Å². The highest BCUT2D eigenvalue weighted by molar-refractivity contribution is 5.98. The van der Waals surface area contributed by atoms with E-state index in [1.165, 1.54) is 13.5 Å². The van der Waals surface area contributed by atoms with Crippen molar-refractivity contribution in [3.05, 3.63) is 23.8 Å². The van der Waals surface area contributed by atoms with E-state index in [9.17, 15) is 4.79 Å². The van der Waals surface area contributed by atoms with E-state index in [-0.39, 0.29) is 0 Å². The molecule has 0 radical (unpaired) electrons. The molecule has 4 heteroatoms. The lowest BCUT2D eigenvalue weighted by Crippen LogP contribution is -2.25. The van der Waals surface area contributed by atoms with E-state index in [4.69, 9.17) is 10.5 Å². The number of carbonyl (C=O) groups excluding carboxylic acids is 1. The first-order chi connectivity index (χ1) is 9.04. The summed E-state index contributed by atoms with van der Waals surface area (Å²) < 4.78 is 4.73. The number of benzene rings is 1. The minimum Gasteiger partial charge on any atom is -0.465 e. The number of anilines is 2. The molecule has 0 aliphatic heterocycles. The SMILES string of the molecule is COC(=O)c1cccc(NC2CCC(C)C2C)c1N. The molecule has 3 unspecified atom stereocenters. The van der Waals surface area contributed by atoms with Gasteiger partial charge in [-0.25, -0.2) is 4.79 Å². The molecule has 1 aromatic rings. The van der Waals surface area contributed by atoms with Crippen molar-refractivity contribution in [2.24, 2.45) is 11.8 Å². The Morgan fingerprint density at radius 1 is 1.37 bits per heavy atom. The van der Waals surface area contributed by atoms with Crippen LogP contribution in [0.15, 0.2) is 18.2 Å². The van der Waals surface area contributed by atoms with Crippen LogP contribution in [0.4, 0.5) is 11.4 Å². The van der Waals surface area contributed by atoms with Crippen LogP contribution in [0.1, 0.15) is 37.0 Å². The summed E-state index contributed by atoms with van der Waals surface area (Å²) in [5.74, 6) is 0.942. The van der Waals surface area contributed by atoms with Crippen LogP contribution in [0.5, 0.6) is 0 Å². The molecule has 3 atom stereocenters. The number of hydrogen-bond acceptors (Lipinski definition) is 4. The second-order valence-electron chi connectivity index (χ2n) is 5.42. The first-order valence-electron chi connectivity index (χ1n) is 6.78. The van der Waals surface area contributed by atoms with Gasteiger partial charge in [0.2, 0.25) is 0 Å². The van der Waals surface area contributed by atoms with Gasteiger partial charge in [-0.3, -0.25) is 0 Å². The van der Waals surface area contributed by atoms with E-state index < -0.39 is 5.97 Å². The van der Waals surface area contributed by atoms with Crippen molar-refractivity contribution in [2.75, 3.05) is 18.2 Å². The highest BCUT2D eigenvalue weighted by Crippen LogP contribution is 2.35. The van der Waals surface area contributed by atoms with E-state index in [2.05, 4.69) is 19.2 Å². The third-order valence-corrected chi connectivity index (χ3v) is 4.32. The summed E-state index contributed by atoms with van der Waals surface area (Å²) in [5.41, 5.74) is 7.78. The Morgan fingerprint density at radius 2 is 2.11 bits per heavy atom. The largest absolute Gasteiger partial charge is 0.465 e. The molecule has 1 aromatic carbocycles. The molecule has 3 N–H and O–H groups in total. The normalized spacial score (nSPS) is 26.2. The van der Waals surface area contributed by atoms with Crippen molar-refractivity contribution in [1.82, 2.24) is 0 Å². The number of hydrogen-bond donors (Lipinski definition) is 2. The van der Waals surface area contributed by atoms with Crippen molar-refractivity contribution in [3.8, 4) is 0 Å². The Hall–Kier alpha value is -1.71. The van der Waals surface area contributed by atoms with Crippen LogP contribution in [0.2, 0.25) is 0 Å². The Bertz CT molecular complexity index is 473. The number of nitrogens with two attached hydrogens (primary N) is 1. The van der Waals surface area contributed by atoms with Gasteiger partial charge in [-0.05, 0) is 36.8 Å². The highest BCUT2D eigenvalue weighted by atomic mass is 16.5. The van der Waals surface area contributed by atoms with Gasteiger partial charge in [0.1, 0.15) is 0 Å². The van der Waals surface area contributed by atoms with Crippen molar-refractivity contribution >= 4 is 17.3 Å². The minimum atomic E-state index is -0.394. The standard InChI is InChI=1S/C15H22N2O2/c1-9-7-8-12(10(9)2)17-13-6-4-5-11(14(13)16)15(18)19-3/h4-6,9-10,12,17H,7-8,16H2,1-3H3. The number of nitrogen functional groups attached to an aromatic ring is 1. The number of ether oxygens (including phenoxy) is 1. The lowest BCUT2D eigenvalue weighted by atomic mass is 9.97. The topological polar surface area (TPSA) is 64.3 Å². The average molecular weight is 262 g/mol. The smallest absolute Gasteiger partial charge is 0.340 e. The second-order valence-corrected chi connectivity index (χ2v) is 5.42. The third kappa shape index (κ3) is 2.67. The quantitative estimate of drug-likeness (QED) is 0.649. The molecule has 1 saturated carbocycles. The van der Waals surface area contributed by atoms with E-state index in [1.807, 2.05) is 12.1 Å². The minimum absolute atomic E-state index is 0.394. The van der Waals surface area contributed by atoms with Crippen LogP contribution in [0, 0.1) is 11.8 Å². The number of para-hydroxylation sites is 1. The first kappa shape index (κ1) is 13.7. The zero-order chi connectivity index (χ0) is 14.0. The lowest BCUT2D eigenvalue weighted by Gasteiger charge is -2.22. The number of nitrogens with one attached hydrogen (secondary N) is 1. The molecular weight excluding hydrogens is 240 g/mol. The summed E-state index contributed by atoms with van der Waals surface area (Å²) in [6, 6.07) is 5.85. The number of methoxy groups -OCH3 is 1. The number of rotatable bonds is 3. The van der Waals surface area contributed by atoms with E-state index >= 15 is 0 Å². The molecule has 4 nitrogen and oxygen atoms in total. The Kier molecular flexibility index (Phi) is 3.98. The van der Waals surface area contributed by atoms with Gasteiger partial charge < -0.3 is 15.8 Å². The van der Waals surface area contributed by atoms with Crippen LogP contribution >= 0.6 is 0 Å². The van der Waals surface area contributed by atoms with Gasteiger partial charge in [0.25, 0.3) is 0 Å². The van der Waals surface area contributed by atoms with Crippen LogP contribution in [-0.2, 0) is 4.74 Å². The summed E-state index contributed by atoms with van der Waals surface area (Å²) >= 11 is 0. The van der Waals surface area contributed by atoms with Gasteiger partial charge in [0.15, 0.2) is 0 Å². The van der Waals surface area contributed by atoms with Gasteiger partial charge >= 0.3 is 5.97 Å². The monoisotopic (exact) mass is 262 g/mol. The predicted octanol–water partition coefficient (Wildman–Crippen LogP) is 2.90. The summed E-state index contributed by atoms with van der Waals surface area (Å²) in [7, 11) is 1.36. The predicted molar refractivity (Wildman–Crippen MR) is 77.2 cm³/mol. The van der Waals surface area contributed by atoms with Crippen molar-refractivity contribution in [2.45, 2.75) is 32.7 Å². The van der Waals surface area contributed by atoms with E-state index in [1.54, 1.807) is 6.07 Å². The molecule has 1 aliphatic carbocycles. The molecule has 0 spiro atoms. The van der Waals surface area contributed by atoms with Gasteiger partial charge in [-0.2, -0.15) is 0 Å². The van der Waals surface area contributed by atoms with Crippen LogP contribution < -0.4 is 11.1 Å². The molecule has 1 fully saturated rings. The zero-order valence-corrected chi connectivity index (χ0v) is 11.8. The molecular formula is C15H22N2O2. The molecule has 1 aliphatic rings. The Balaban J connectivity index is 2.19. The second kappa shape index (κ2) is 5.51. The Labute approximate surface area is 114 Å². The summed E-state index contributed by atoms with van der Waals surface area (Å²) in [6.07, 6.45) is 2.37. The summed E-state index contributed by atoms with van der Waals surface area (Å²) in [4.78, 5) is 11.6. The fourth-order valence-electron chi connectivity index (χ4n) is 2.75. The molecule has 0 amide bonds. The van der Waals surface area contributed by atoms with Gasteiger partial charge in [-0.15, -0.1) is 0 Å². The molecule has 0 bridgehead atoms. The molecule has 0 saturated heterocycles. The summed E-state index contributed by atoms with van der Waals surface area (Å²) in [5, 5.41) is 3.48. The maximum Gasteiger partial charge on any atom is 0.340 e. The number of carbonyl (C=O) groups is 1. The van der Waals surface area contributed by atoms with Gasteiger partial charge in [0.05, 0.1) is 24.0 Å². The highest BCUT2D eigenvalue weighted by Gasteiger charge is 2.30. The maximum atomic E-state index is 11.6. The molecule has 2 rings (SSSR count). The average Bonchev–Trinajstić information content (AvgIpc) is 2.72. The summed E-state index contributed by atoms with van der Waals surface area (Å²) in [6.45, 7) is 4.54. The first-order valence-corrected chi connectivity index (χ1v) is 6.78. The molecule has 104 valence electrons. The van der Waals surface area contributed by atoms with Crippen LogP contribution in [-0.4, -0.2) is 19.1 Å².